The zero-order chi connectivity index (χ0) is 40.8. The van der Waals surface area contributed by atoms with Crippen LogP contribution in [0.2, 0.25) is 0 Å². The van der Waals surface area contributed by atoms with Crippen molar-refractivity contribution in [1.29, 1.82) is 0 Å². The van der Waals surface area contributed by atoms with Crippen molar-refractivity contribution in [1.82, 2.24) is 0 Å². The average molecular weight is 847 g/mol. The van der Waals surface area contributed by atoms with Gasteiger partial charge in [-0.1, -0.05) is 167 Å². The minimum atomic E-state index is -4.45. The van der Waals surface area contributed by atoms with Gasteiger partial charge in [0.05, 0.1) is 9.79 Å². The molecular weight excluding hydrogens is 777 g/mol. The molecule has 4 aromatic carbocycles. The summed E-state index contributed by atoms with van der Waals surface area (Å²) < 4.78 is 69.9. The van der Waals surface area contributed by atoms with Gasteiger partial charge < -0.3 is 9.11 Å². The molecule has 0 N–H and O–H groups in total. The standard InChI is InChI=1S/2C24H36O3S.Ca/c2*1-3-5-7-9-11-13-20-15-16-24-21(14-12-10-8-6-4-2)18-23(28(25,26)27)19-22(24)17-20;/h2*15-19H,3-14H2,1-2H3,(H,25,26,27);/q;;+2/p-2. The van der Waals surface area contributed by atoms with Gasteiger partial charge in [0.2, 0.25) is 0 Å². The topological polar surface area (TPSA) is 114 Å². The van der Waals surface area contributed by atoms with Gasteiger partial charge in [-0.15, -0.1) is 0 Å². The second-order valence-electron chi connectivity index (χ2n) is 15.8. The second-order valence-corrected chi connectivity index (χ2v) is 18.6. The van der Waals surface area contributed by atoms with Crippen molar-refractivity contribution < 1.29 is 25.9 Å². The van der Waals surface area contributed by atoms with Crippen molar-refractivity contribution in [3.05, 3.63) is 82.9 Å². The van der Waals surface area contributed by atoms with Crippen LogP contribution in [-0.4, -0.2) is 63.7 Å². The summed E-state index contributed by atoms with van der Waals surface area (Å²) in [6.07, 6.45) is 27.6. The molecule has 0 fully saturated rings. The molecule has 0 spiro atoms. The molecule has 0 heterocycles. The van der Waals surface area contributed by atoms with Crippen LogP contribution in [0.4, 0.5) is 0 Å². The molecule has 0 amide bonds. The van der Waals surface area contributed by atoms with Gasteiger partial charge in [0.1, 0.15) is 20.2 Å². The first-order valence-electron chi connectivity index (χ1n) is 21.9. The zero-order valence-electron chi connectivity index (χ0n) is 35.7. The van der Waals surface area contributed by atoms with Crippen LogP contribution >= 0.6 is 0 Å². The Labute approximate surface area is 376 Å². The molecule has 0 aliphatic heterocycles. The molecule has 0 saturated heterocycles. The molecule has 0 bridgehead atoms. The van der Waals surface area contributed by atoms with Crippen molar-refractivity contribution in [3.63, 3.8) is 0 Å². The largest absolute Gasteiger partial charge is 2.00 e. The van der Waals surface area contributed by atoms with Gasteiger partial charge in [0.15, 0.2) is 0 Å². The fourth-order valence-corrected chi connectivity index (χ4v) is 8.77. The maximum Gasteiger partial charge on any atom is 2.00 e. The Bertz CT molecular complexity index is 1830. The molecule has 312 valence electrons. The fraction of sp³-hybridized carbons (Fsp3) is 0.583. The first-order chi connectivity index (χ1) is 26.9. The average Bonchev–Trinajstić information content (AvgIpc) is 3.16. The summed E-state index contributed by atoms with van der Waals surface area (Å²) in [5.74, 6) is 0. The van der Waals surface area contributed by atoms with Gasteiger partial charge in [-0.2, -0.15) is 0 Å². The van der Waals surface area contributed by atoms with Crippen molar-refractivity contribution >= 4 is 79.5 Å². The Morgan fingerprint density at radius 3 is 0.982 bits per heavy atom. The third kappa shape index (κ3) is 19.2. The summed E-state index contributed by atoms with van der Waals surface area (Å²) in [6.45, 7) is 8.81. The molecule has 4 rings (SSSR count). The molecule has 0 radical (unpaired) electrons. The Balaban J connectivity index is 0.000000387. The van der Waals surface area contributed by atoms with Crippen molar-refractivity contribution in [2.24, 2.45) is 0 Å². The van der Waals surface area contributed by atoms with Crippen LogP contribution in [0.3, 0.4) is 0 Å². The molecule has 0 aliphatic rings. The molecule has 9 heteroatoms. The van der Waals surface area contributed by atoms with Gasteiger partial charge in [0, 0.05) is 0 Å². The summed E-state index contributed by atoms with van der Waals surface area (Å²) in [6, 6.07) is 19.0. The fourth-order valence-electron chi connectivity index (χ4n) is 7.65. The van der Waals surface area contributed by atoms with Gasteiger partial charge in [0.25, 0.3) is 0 Å². The number of benzene rings is 4. The van der Waals surface area contributed by atoms with E-state index in [1.54, 1.807) is 24.3 Å². The smallest absolute Gasteiger partial charge is 0.744 e. The predicted molar refractivity (Wildman–Crippen MR) is 239 cm³/mol. The van der Waals surface area contributed by atoms with E-state index in [9.17, 15) is 25.9 Å². The summed E-state index contributed by atoms with van der Waals surface area (Å²) in [5, 5.41) is 3.92. The van der Waals surface area contributed by atoms with Crippen LogP contribution in [0.5, 0.6) is 0 Å². The first-order valence-corrected chi connectivity index (χ1v) is 24.8. The maximum absolute atomic E-state index is 11.6. The van der Waals surface area contributed by atoms with Gasteiger partial charge in [-0.3, -0.25) is 0 Å². The van der Waals surface area contributed by atoms with E-state index in [1.165, 1.54) is 101 Å². The van der Waals surface area contributed by atoms with E-state index in [0.717, 1.165) is 96.9 Å². The van der Waals surface area contributed by atoms with E-state index >= 15 is 0 Å². The second kappa shape index (κ2) is 28.1. The molecule has 6 nitrogen and oxygen atoms in total. The summed E-state index contributed by atoms with van der Waals surface area (Å²) in [4.78, 5) is -0.188. The monoisotopic (exact) mass is 846 g/mol. The number of unbranched alkanes of at least 4 members (excludes halogenated alkanes) is 16. The Morgan fingerprint density at radius 1 is 0.386 bits per heavy atom. The number of hydrogen-bond donors (Lipinski definition) is 0. The van der Waals surface area contributed by atoms with Crippen LogP contribution in [-0.2, 0) is 45.9 Å². The predicted octanol–water partition coefficient (Wildman–Crippen LogP) is 13.2. The Morgan fingerprint density at radius 2 is 0.684 bits per heavy atom. The van der Waals surface area contributed by atoms with E-state index in [2.05, 4.69) is 64.1 Å². The van der Waals surface area contributed by atoms with E-state index in [0.29, 0.717) is 0 Å². The van der Waals surface area contributed by atoms with Crippen molar-refractivity contribution in [2.45, 2.75) is 192 Å². The zero-order valence-corrected chi connectivity index (χ0v) is 39.6. The van der Waals surface area contributed by atoms with Crippen LogP contribution in [0.25, 0.3) is 21.5 Å². The van der Waals surface area contributed by atoms with Gasteiger partial charge >= 0.3 is 37.7 Å². The molecule has 4 aromatic rings. The van der Waals surface area contributed by atoms with Gasteiger partial charge in [-0.05, 0) is 119 Å². The molecule has 0 atom stereocenters. The van der Waals surface area contributed by atoms with Crippen molar-refractivity contribution in [2.75, 3.05) is 0 Å². The molecule has 0 saturated carbocycles. The van der Waals surface area contributed by atoms with E-state index < -0.39 is 20.2 Å². The molecule has 57 heavy (non-hydrogen) atoms. The number of hydrogen-bond acceptors (Lipinski definition) is 6. The number of rotatable bonds is 26. The molecule has 0 unspecified atom stereocenters. The van der Waals surface area contributed by atoms with Crippen LogP contribution in [0, 0.1) is 0 Å². The molecule has 0 aliphatic carbocycles. The van der Waals surface area contributed by atoms with Crippen LogP contribution < -0.4 is 0 Å². The molecular formula is C48H70CaO6S2. The van der Waals surface area contributed by atoms with E-state index in [1.807, 2.05) is 0 Å². The summed E-state index contributed by atoms with van der Waals surface area (Å²) in [5.41, 5.74) is 4.41. The van der Waals surface area contributed by atoms with Gasteiger partial charge in [-0.25, -0.2) is 16.8 Å². The van der Waals surface area contributed by atoms with Crippen molar-refractivity contribution in [3.8, 4) is 0 Å². The SMILES string of the molecule is CCCCCCCc1ccc2c(CCCCCCC)cc(S(=O)(=O)[O-])cc2c1.CCCCCCCc1ccc2c(CCCCCCC)cc(S(=O)(=O)[O-])cc2c1.[Ca+2]. The Hall–Kier alpha value is -1.52. The van der Waals surface area contributed by atoms with E-state index in [4.69, 9.17) is 0 Å². The van der Waals surface area contributed by atoms with Crippen LogP contribution in [0.15, 0.2) is 70.5 Å². The summed E-state index contributed by atoms with van der Waals surface area (Å²) >= 11 is 0. The number of aryl methyl sites for hydroxylation is 4. The minimum Gasteiger partial charge on any atom is -0.744 e. The van der Waals surface area contributed by atoms with E-state index in [-0.39, 0.29) is 47.5 Å². The normalized spacial score (nSPS) is 11.8. The summed E-state index contributed by atoms with van der Waals surface area (Å²) in [7, 11) is -8.89. The molecule has 0 aromatic heterocycles. The first kappa shape index (κ1) is 51.6. The quantitative estimate of drug-likeness (QED) is 0.0353. The van der Waals surface area contributed by atoms with Crippen LogP contribution in [0.1, 0.15) is 178 Å². The third-order valence-corrected chi connectivity index (χ3v) is 12.6. The maximum atomic E-state index is 11.6. The number of fused-ring (bicyclic) bond motifs is 2. The minimum absolute atomic E-state index is 0. The third-order valence-electron chi connectivity index (χ3n) is 11.0. The Kier molecular flexibility index (Phi) is 25.4.